The number of nitrogens with two attached hydrogens (primary N) is 1. The first-order valence-electron chi connectivity index (χ1n) is 7.14. The average Bonchev–Trinajstić information content (AvgIpc) is 2.42. The van der Waals surface area contributed by atoms with Crippen molar-refractivity contribution in [2.75, 3.05) is 45.9 Å². The van der Waals surface area contributed by atoms with Gasteiger partial charge in [-0.2, -0.15) is 0 Å². The third-order valence-electron chi connectivity index (χ3n) is 3.94. The minimum atomic E-state index is 0. The average molecular weight is 382 g/mol. The molecule has 2 aliphatic rings. The van der Waals surface area contributed by atoms with Crippen LogP contribution in [-0.2, 0) is 4.74 Å². The van der Waals surface area contributed by atoms with E-state index in [1.165, 1.54) is 25.8 Å². The minimum absolute atomic E-state index is 0. The second kappa shape index (κ2) is 8.97. The summed E-state index contributed by atoms with van der Waals surface area (Å²) in [7, 11) is 0. The summed E-state index contributed by atoms with van der Waals surface area (Å²) in [4.78, 5) is 9.14. The van der Waals surface area contributed by atoms with Gasteiger partial charge in [-0.15, -0.1) is 24.0 Å². The smallest absolute Gasteiger partial charge is 0.191 e. The summed E-state index contributed by atoms with van der Waals surface area (Å²) in [5.74, 6) is 0.683. The molecule has 0 amide bonds. The maximum Gasteiger partial charge on any atom is 0.191 e. The summed E-state index contributed by atoms with van der Waals surface area (Å²) in [6.07, 6.45) is 4.02. The van der Waals surface area contributed by atoms with Crippen LogP contribution in [0.3, 0.4) is 0 Å². The van der Waals surface area contributed by atoms with Crippen molar-refractivity contribution < 1.29 is 4.74 Å². The van der Waals surface area contributed by atoms with Crippen LogP contribution in [0.15, 0.2) is 4.99 Å². The van der Waals surface area contributed by atoms with Crippen LogP contribution in [-0.4, -0.2) is 67.7 Å². The number of morpholine rings is 1. The summed E-state index contributed by atoms with van der Waals surface area (Å²) < 4.78 is 5.30. The van der Waals surface area contributed by atoms with Crippen LogP contribution in [0, 0.1) is 0 Å². The van der Waals surface area contributed by atoms with Crippen LogP contribution in [0.5, 0.6) is 0 Å². The van der Waals surface area contributed by atoms with Crippen molar-refractivity contribution in [1.29, 1.82) is 0 Å². The number of halogens is 1. The fraction of sp³-hybridized carbons (Fsp3) is 0.923. The third kappa shape index (κ3) is 5.43. The lowest BCUT2D eigenvalue weighted by molar-refractivity contribution is 0.0673. The number of ether oxygens (including phenoxy) is 1. The van der Waals surface area contributed by atoms with E-state index in [1.807, 2.05) is 0 Å². The highest BCUT2D eigenvalue weighted by molar-refractivity contribution is 14.0. The first-order valence-corrected chi connectivity index (χ1v) is 7.14. The van der Waals surface area contributed by atoms with Gasteiger partial charge in [0.1, 0.15) is 0 Å². The van der Waals surface area contributed by atoms with Crippen molar-refractivity contribution in [2.24, 2.45) is 10.7 Å². The van der Waals surface area contributed by atoms with Crippen molar-refractivity contribution >= 4 is 29.9 Å². The van der Waals surface area contributed by atoms with Gasteiger partial charge in [-0.25, -0.2) is 0 Å². The lowest BCUT2D eigenvalue weighted by atomic mass is 10.0. The fourth-order valence-corrected chi connectivity index (χ4v) is 2.68. The van der Waals surface area contributed by atoms with E-state index in [0.29, 0.717) is 12.0 Å². The Labute approximate surface area is 133 Å². The van der Waals surface area contributed by atoms with E-state index >= 15 is 0 Å². The molecule has 2 aliphatic heterocycles. The summed E-state index contributed by atoms with van der Waals surface area (Å²) in [5.41, 5.74) is 6.00. The molecule has 2 rings (SSSR count). The molecule has 0 spiro atoms. The number of hydrogen-bond acceptors (Lipinski definition) is 3. The van der Waals surface area contributed by atoms with Gasteiger partial charge in [-0.1, -0.05) is 6.42 Å². The summed E-state index contributed by atoms with van der Waals surface area (Å²) in [5, 5.41) is 0. The molecule has 0 radical (unpaired) electrons. The molecule has 2 fully saturated rings. The Balaban J connectivity index is 0.00000180. The molecule has 0 aromatic rings. The predicted octanol–water partition coefficient (Wildman–Crippen LogP) is 1.13. The van der Waals surface area contributed by atoms with Crippen LogP contribution in [0.2, 0.25) is 0 Å². The molecule has 1 atom stereocenters. The van der Waals surface area contributed by atoms with Crippen molar-refractivity contribution in [3.8, 4) is 0 Å². The molecular formula is C13H27IN4O. The third-order valence-corrected chi connectivity index (χ3v) is 3.94. The molecule has 0 bridgehead atoms. The van der Waals surface area contributed by atoms with E-state index in [2.05, 4.69) is 21.7 Å². The maximum absolute atomic E-state index is 6.00. The number of aliphatic imine (C=N–C) groups is 1. The van der Waals surface area contributed by atoms with Crippen molar-refractivity contribution in [3.63, 3.8) is 0 Å². The van der Waals surface area contributed by atoms with E-state index in [4.69, 9.17) is 10.5 Å². The van der Waals surface area contributed by atoms with Crippen LogP contribution in [0.1, 0.15) is 26.2 Å². The maximum atomic E-state index is 6.00. The van der Waals surface area contributed by atoms with Gasteiger partial charge in [0.2, 0.25) is 0 Å². The quantitative estimate of drug-likeness (QED) is 0.452. The molecule has 0 saturated carbocycles. The number of piperidine rings is 1. The van der Waals surface area contributed by atoms with Gasteiger partial charge in [0.05, 0.1) is 19.8 Å². The molecule has 2 heterocycles. The summed E-state index contributed by atoms with van der Waals surface area (Å²) in [6, 6.07) is 0.707. The number of likely N-dealkylation sites (tertiary alicyclic amines) is 1. The zero-order valence-electron chi connectivity index (χ0n) is 11.9. The Morgan fingerprint density at radius 1 is 1.26 bits per heavy atom. The van der Waals surface area contributed by atoms with E-state index < -0.39 is 0 Å². The topological polar surface area (TPSA) is 54.1 Å². The Bertz CT molecular complexity index is 282. The standard InChI is InChI=1S/C13H26N4O.HI/c1-12-4-2-3-6-16(12)7-5-15-13(14)17-8-10-18-11-9-17;/h12H,2-11H2,1H3,(H2,14,15);1H. The first-order chi connectivity index (χ1) is 8.77. The van der Waals surface area contributed by atoms with E-state index in [-0.39, 0.29) is 24.0 Å². The molecule has 2 saturated heterocycles. The van der Waals surface area contributed by atoms with Crippen molar-refractivity contribution in [2.45, 2.75) is 32.2 Å². The van der Waals surface area contributed by atoms with Gasteiger partial charge in [-0.05, 0) is 26.3 Å². The number of hydrogen-bond donors (Lipinski definition) is 1. The van der Waals surface area contributed by atoms with Gasteiger partial charge < -0.3 is 15.4 Å². The zero-order valence-corrected chi connectivity index (χ0v) is 14.2. The molecule has 6 heteroatoms. The molecule has 5 nitrogen and oxygen atoms in total. The van der Waals surface area contributed by atoms with Crippen molar-refractivity contribution in [1.82, 2.24) is 9.80 Å². The van der Waals surface area contributed by atoms with E-state index in [1.54, 1.807) is 0 Å². The van der Waals surface area contributed by atoms with Crippen LogP contribution >= 0.6 is 24.0 Å². The fourth-order valence-electron chi connectivity index (χ4n) is 2.68. The molecule has 19 heavy (non-hydrogen) atoms. The first kappa shape index (κ1) is 17.0. The Kier molecular flexibility index (Phi) is 8.01. The molecular weight excluding hydrogens is 355 g/mol. The molecule has 0 aromatic heterocycles. The molecule has 2 N–H and O–H groups in total. The Morgan fingerprint density at radius 2 is 2.00 bits per heavy atom. The zero-order chi connectivity index (χ0) is 12.8. The van der Waals surface area contributed by atoms with Gasteiger partial charge in [0.25, 0.3) is 0 Å². The lowest BCUT2D eigenvalue weighted by Gasteiger charge is -2.33. The van der Waals surface area contributed by atoms with Crippen LogP contribution < -0.4 is 5.73 Å². The Morgan fingerprint density at radius 3 is 2.68 bits per heavy atom. The Hall–Kier alpha value is -0.0800. The second-order valence-electron chi connectivity index (χ2n) is 5.22. The monoisotopic (exact) mass is 382 g/mol. The molecule has 0 aliphatic carbocycles. The van der Waals surface area contributed by atoms with Crippen molar-refractivity contribution in [3.05, 3.63) is 0 Å². The lowest BCUT2D eigenvalue weighted by Crippen LogP contribution is -2.45. The SMILES string of the molecule is CC1CCCCN1CCN=C(N)N1CCOCC1.I. The van der Waals surface area contributed by atoms with Crippen LogP contribution in [0.4, 0.5) is 0 Å². The highest BCUT2D eigenvalue weighted by Crippen LogP contribution is 2.15. The normalized spacial score (nSPS) is 26.1. The minimum Gasteiger partial charge on any atom is -0.378 e. The van der Waals surface area contributed by atoms with E-state index in [0.717, 1.165) is 39.4 Å². The predicted molar refractivity (Wildman–Crippen MR) is 89.2 cm³/mol. The number of rotatable bonds is 3. The summed E-state index contributed by atoms with van der Waals surface area (Å²) in [6.45, 7) is 8.64. The van der Waals surface area contributed by atoms with Gasteiger partial charge in [-0.3, -0.25) is 9.89 Å². The largest absolute Gasteiger partial charge is 0.378 e. The van der Waals surface area contributed by atoms with Gasteiger partial charge >= 0.3 is 0 Å². The van der Waals surface area contributed by atoms with Crippen LogP contribution in [0.25, 0.3) is 0 Å². The summed E-state index contributed by atoms with van der Waals surface area (Å²) >= 11 is 0. The number of nitrogens with zero attached hydrogens (tertiary/aromatic N) is 3. The van der Waals surface area contributed by atoms with Gasteiger partial charge in [0, 0.05) is 25.7 Å². The second-order valence-corrected chi connectivity index (χ2v) is 5.22. The molecule has 1 unspecified atom stereocenters. The highest BCUT2D eigenvalue weighted by Gasteiger charge is 2.17. The highest BCUT2D eigenvalue weighted by atomic mass is 127. The molecule has 0 aromatic carbocycles. The van der Waals surface area contributed by atoms with E-state index in [9.17, 15) is 0 Å². The molecule has 112 valence electrons. The number of guanidine groups is 1. The van der Waals surface area contributed by atoms with Gasteiger partial charge in [0.15, 0.2) is 5.96 Å².